The number of benzene rings is 1. The Hall–Kier alpha value is -1.36. The number of nitrogens with zero attached hydrogens (tertiary/aromatic N) is 1. The van der Waals surface area contributed by atoms with E-state index in [1.807, 2.05) is 0 Å². The summed E-state index contributed by atoms with van der Waals surface area (Å²) in [7, 11) is -3.28. The Morgan fingerprint density at radius 2 is 2.00 bits per heavy atom. The maximum atomic E-state index is 11.8. The normalized spacial score (nSPS) is 16.1. The van der Waals surface area contributed by atoms with Crippen molar-refractivity contribution in [2.24, 2.45) is 0 Å². The van der Waals surface area contributed by atoms with Gasteiger partial charge in [0.15, 0.2) is 5.78 Å². The number of fused-ring (bicyclic) bond motifs is 1. The van der Waals surface area contributed by atoms with Crippen LogP contribution in [0, 0.1) is 0 Å². The largest absolute Gasteiger partial charge is 0.294 e. The summed E-state index contributed by atoms with van der Waals surface area (Å²) in [4.78, 5) is 11.6. The molecule has 4 nitrogen and oxygen atoms in total. The quantitative estimate of drug-likeness (QED) is 0.784. The Morgan fingerprint density at radius 1 is 1.31 bits per heavy atom. The molecule has 0 aromatic heterocycles. The second-order valence-corrected chi connectivity index (χ2v) is 5.84. The van der Waals surface area contributed by atoms with Crippen molar-refractivity contribution in [3.8, 4) is 0 Å². The molecule has 0 spiro atoms. The van der Waals surface area contributed by atoms with Crippen molar-refractivity contribution >= 4 is 21.5 Å². The second-order valence-electron chi connectivity index (χ2n) is 3.66. The monoisotopic (exact) mass is 239 g/mol. The molecule has 0 bridgehead atoms. The molecule has 1 aromatic rings. The van der Waals surface area contributed by atoms with Gasteiger partial charge in [-0.1, -0.05) is 12.1 Å². The van der Waals surface area contributed by atoms with E-state index < -0.39 is 10.0 Å². The summed E-state index contributed by atoms with van der Waals surface area (Å²) < 4.78 is 25.0. The summed E-state index contributed by atoms with van der Waals surface area (Å²) >= 11 is 0. The van der Waals surface area contributed by atoms with Gasteiger partial charge in [0.05, 0.1) is 11.4 Å². The first-order chi connectivity index (χ1) is 7.56. The molecule has 1 aliphatic heterocycles. The third kappa shape index (κ3) is 1.71. The van der Waals surface area contributed by atoms with E-state index in [0.29, 0.717) is 11.3 Å². The van der Waals surface area contributed by atoms with Crippen LogP contribution < -0.4 is 4.31 Å². The molecular formula is C11H13NO3S. The fraction of sp³-hybridized carbons (Fsp3) is 0.364. The minimum atomic E-state index is -3.28. The number of rotatable bonds is 2. The lowest BCUT2D eigenvalue weighted by Crippen LogP contribution is -2.38. The lowest BCUT2D eigenvalue weighted by molar-refractivity contribution is 0.0982. The average molecular weight is 239 g/mol. The first-order valence-electron chi connectivity index (χ1n) is 5.19. The molecule has 5 heteroatoms. The molecule has 1 aliphatic rings. The molecule has 0 unspecified atom stereocenters. The van der Waals surface area contributed by atoms with Crippen LogP contribution in [0.25, 0.3) is 0 Å². The molecule has 2 rings (SSSR count). The molecule has 0 fully saturated rings. The predicted molar refractivity (Wildman–Crippen MR) is 62.2 cm³/mol. The lowest BCUT2D eigenvalue weighted by Gasteiger charge is -2.29. The van der Waals surface area contributed by atoms with Gasteiger partial charge in [0.2, 0.25) is 10.0 Å². The third-order valence-electron chi connectivity index (χ3n) is 2.72. The highest BCUT2D eigenvalue weighted by Crippen LogP contribution is 2.28. The molecular weight excluding hydrogens is 226 g/mol. The standard InChI is InChI=1S/C11H13NO3S/c1-2-16(14,15)12-8-7-11(13)9-5-3-4-6-10(9)12/h3-6H,2,7-8H2,1H3. The van der Waals surface area contributed by atoms with Crippen molar-refractivity contribution in [1.82, 2.24) is 0 Å². The van der Waals surface area contributed by atoms with Gasteiger partial charge in [-0.3, -0.25) is 9.10 Å². The van der Waals surface area contributed by atoms with Gasteiger partial charge in [-0.25, -0.2) is 8.42 Å². The average Bonchev–Trinajstić information content (AvgIpc) is 2.29. The Bertz CT molecular complexity index is 522. The molecule has 0 atom stereocenters. The Kier molecular flexibility index (Phi) is 2.71. The predicted octanol–water partition coefficient (Wildman–Crippen LogP) is 1.43. The van der Waals surface area contributed by atoms with E-state index in [9.17, 15) is 13.2 Å². The maximum Gasteiger partial charge on any atom is 0.234 e. The molecule has 0 saturated carbocycles. The molecule has 0 N–H and O–H groups in total. The van der Waals surface area contributed by atoms with Crippen LogP contribution in [0.1, 0.15) is 23.7 Å². The van der Waals surface area contributed by atoms with Crippen molar-refractivity contribution in [2.45, 2.75) is 13.3 Å². The summed E-state index contributed by atoms with van der Waals surface area (Å²) in [6.45, 7) is 1.86. The van der Waals surface area contributed by atoms with Crippen molar-refractivity contribution < 1.29 is 13.2 Å². The smallest absolute Gasteiger partial charge is 0.234 e. The zero-order valence-corrected chi connectivity index (χ0v) is 9.83. The molecule has 0 aliphatic carbocycles. The fourth-order valence-electron chi connectivity index (χ4n) is 1.83. The molecule has 0 saturated heterocycles. The number of hydrogen-bond donors (Lipinski definition) is 0. The first-order valence-corrected chi connectivity index (χ1v) is 6.80. The summed E-state index contributed by atoms with van der Waals surface area (Å²) in [6, 6.07) is 6.85. The van der Waals surface area contributed by atoms with Crippen molar-refractivity contribution in [3.63, 3.8) is 0 Å². The van der Waals surface area contributed by atoms with E-state index in [1.165, 1.54) is 4.31 Å². The van der Waals surface area contributed by atoms with Crippen LogP contribution in [0.2, 0.25) is 0 Å². The van der Waals surface area contributed by atoms with Gasteiger partial charge in [0.25, 0.3) is 0 Å². The minimum Gasteiger partial charge on any atom is -0.294 e. The number of para-hydroxylation sites is 1. The van der Waals surface area contributed by atoms with Crippen molar-refractivity contribution in [3.05, 3.63) is 29.8 Å². The number of hydrogen-bond acceptors (Lipinski definition) is 3. The van der Waals surface area contributed by atoms with Gasteiger partial charge in [0, 0.05) is 18.5 Å². The van der Waals surface area contributed by atoms with Crippen LogP contribution in [-0.4, -0.2) is 26.5 Å². The fourth-order valence-corrected chi connectivity index (χ4v) is 2.97. The lowest BCUT2D eigenvalue weighted by atomic mass is 10.0. The van der Waals surface area contributed by atoms with Crippen LogP contribution in [-0.2, 0) is 10.0 Å². The van der Waals surface area contributed by atoms with Gasteiger partial charge in [0.1, 0.15) is 0 Å². The van der Waals surface area contributed by atoms with Crippen LogP contribution in [0.4, 0.5) is 5.69 Å². The van der Waals surface area contributed by atoms with Crippen LogP contribution >= 0.6 is 0 Å². The molecule has 86 valence electrons. The molecule has 0 radical (unpaired) electrons. The van der Waals surface area contributed by atoms with Crippen LogP contribution in [0.5, 0.6) is 0 Å². The molecule has 16 heavy (non-hydrogen) atoms. The minimum absolute atomic E-state index is 0.0122. The van der Waals surface area contributed by atoms with E-state index >= 15 is 0 Å². The van der Waals surface area contributed by atoms with Crippen molar-refractivity contribution in [1.29, 1.82) is 0 Å². The number of anilines is 1. The highest BCUT2D eigenvalue weighted by Gasteiger charge is 2.29. The van der Waals surface area contributed by atoms with Crippen molar-refractivity contribution in [2.75, 3.05) is 16.6 Å². The Morgan fingerprint density at radius 3 is 2.69 bits per heavy atom. The van der Waals surface area contributed by atoms with E-state index in [1.54, 1.807) is 31.2 Å². The van der Waals surface area contributed by atoms with Gasteiger partial charge in [-0.05, 0) is 19.1 Å². The Labute approximate surface area is 94.9 Å². The van der Waals surface area contributed by atoms with Gasteiger partial charge in [-0.15, -0.1) is 0 Å². The second kappa shape index (κ2) is 3.90. The zero-order chi connectivity index (χ0) is 11.8. The van der Waals surface area contributed by atoms with E-state index in [-0.39, 0.29) is 24.5 Å². The van der Waals surface area contributed by atoms with E-state index in [0.717, 1.165) is 0 Å². The number of carbonyl (C=O) groups is 1. The summed E-state index contributed by atoms with van der Waals surface area (Å²) in [5, 5.41) is 0. The van der Waals surface area contributed by atoms with Gasteiger partial charge >= 0.3 is 0 Å². The summed E-state index contributed by atoms with van der Waals surface area (Å²) in [6.07, 6.45) is 0.260. The van der Waals surface area contributed by atoms with Gasteiger partial charge < -0.3 is 0 Å². The number of Topliss-reactive ketones (excluding diaryl/α,β-unsaturated/α-hetero) is 1. The highest BCUT2D eigenvalue weighted by molar-refractivity contribution is 7.92. The van der Waals surface area contributed by atoms with Crippen LogP contribution in [0.15, 0.2) is 24.3 Å². The topological polar surface area (TPSA) is 54.5 Å². The summed E-state index contributed by atoms with van der Waals surface area (Å²) in [5.41, 5.74) is 1.02. The SMILES string of the molecule is CCS(=O)(=O)N1CCC(=O)c2ccccc21. The number of sulfonamides is 1. The Balaban J connectivity index is 2.55. The molecule has 0 amide bonds. The van der Waals surface area contributed by atoms with Gasteiger partial charge in [-0.2, -0.15) is 0 Å². The maximum absolute atomic E-state index is 11.8. The van der Waals surface area contributed by atoms with Crippen LogP contribution in [0.3, 0.4) is 0 Å². The first kappa shape index (κ1) is 11.1. The number of carbonyl (C=O) groups excluding carboxylic acids is 1. The molecule has 1 aromatic carbocycles. The van der Waals surface area contributed by atoms with E-state index in [2.05, 4.69) is 0 Å². The summed E-state index contributed by atoms with van der Waals surface area (Å²) in [5.74, 6) is 0.0633. The number of ketones is 1. The highest BCUT2D eigenvalue weighted by atomic mass is 32.2. The zero-order valence-electron chi connectivity index (χ0n) is 9.01. The third-order valence-corrected chi connectivity index (χ3v) is 4.50. The molecule has 1 heterocycles. The van der Waals surface area contributed by atoms with E-state index in [4.69, 9.17) is 0 Å².